The predicted molar refractivity (Wildman–Crippen MR) is 568 cm³/mol. The van der Waals surface area contributed by atoms with Gasteiger partial charge in [0.05, 0.1) is 0 Å². The summed E-state index contributed by atoms with van der Waals surface area (Å²) in [5, 5.41) is 54.7. The van der Waals surface area contributed by atoms with E-state index in [1.165, 1.54) is 171 Å². The molecule has 0 saturated heterocycles. The molecule has 27 aromatic rings. The van der Waals surface area contributed by atoms with Crippen LogP contribution in [0.2, 0.25) is 0 Å². The molecular formula is C124H88N4O8. The van der Waals surface area contributed by atoms with Crippen LogP contribution in [-0.2, 0) is 0 Å². The molecule has 4 aliphatic heterocycles. The molecule has 0 fully saturated rings. The van der Waals surface area contributed by atoms with Crippen LogP contribution in [0.15, 0.2) is 243 Å². The molecule has 12 heteroatoms. The van der Waals surface area contributed by atoms with Crippen LogP contribution in [0, 0.1) is 27.7 Å². The van der Waals surface area contributed by atoms with E-state index in [9.17, 15) is 38.4 Å². The molecule has 31 rings (SSSR count). The van der Waals surface area contributed by atoms with Crippen LogP contribution in [0.25, 0.3) is 259 Å². The highest BCUT2D eigenvalue weighted by Gasteiger charge is 2.39. The van der Waals surface area contributed by atoms with Crippen molar-refractivity contribution in [3.8, 4) is 0 Å². The summed E-state index contributed by atoms with van der Waals surface area (Å²) in [5.74, 6) is -2.04. The third-order valence-corrected chi connectivity index (χ3v) is 30.8. The monoisotopic (exact) mass is 1760 g/mol. The predicted octanol–water partition coefficient (Wildman–Crippen LogP) is 31.0. The normalized spacial score (nSPS) is 13.9. The summed E-state index contributed by atoms with van der Waals surface area (Å²) in [7, 11) is 6.22. The average Bonchev–Trinajstić information content (AvgIpc) is 0.676. The second-order valence-corrected chi connectivity index (χ2v) is 36.5. The maximum atomic E-state index is 13.3. The Morgan fingerprint density at radius 3 is 0.309 bits per heavy atom. The number of carbonyl (C=O) groups is 8. The molecule has 27 aromatic carbocycles. The third kappa shape index (κ3) is 9.81. The second-order valence-electron chi connectivity index (χ2n) is 36.5. The summed E-state index contributed by atoms with van der Waals surface area (Å²) in [6.45, 7) is 24.8. The SMILES string of the molecule is CC.CC.CC.CC.CN1C(=O)c2ccc3c4ccc5c6ccc7c8ccc9c%10c(ccc(c%11ccc(c%12ccc(c%13ccc(c2c3%13)C1=O)c4c5%12)c6c7%11)c%108)C(=O)N(C)C9=O.Cc1ccc2c3ccc4c5ccc6c7c(ccc(c8ccc(c9ccc(C)c1c29)c3c48)c75)C(=O)N(C)C6=O.Cc1ccc2c3ccc4c5ccc6c7c(ccc(c8ccc(c9ccc(C)c1c29)c3c48)c75)C(=O)N(C)C6=O. The van der Waals surface area contributed by atoms with E-state index in [-0.39, 0.29) is 47.3 Å². The minimum atomic E-state index is -0.272. The third-order valence-electron chi connectivity index (χ3n) is 30.8. The van der Waals surface area contributed by atoms with Crippen LogP contribution in [0.5, 0.6) is 0 Å². The van der Waals surface area contributed by atoms with Crippen molar-refractivity contribution in [2.75, 3.05) is 28.2 Å². The summed E-state index contributed by atoms with van der Waals surface area (Å²) in [6, 6.07) is 85.5. The number of imide groups is 4. The van der Waals surface area contributed by atoms with Gasteiger partial charge in [0.15, 0.2) is 0 Å². The van der Waals surface area contributed by atoms with Crippen molar-refractivity contribution >= 4 is 306 Å². The van der Waals surface area contributed by atoms with Crippen molar-refractivity contribution in [3.63, 3.8) is 0 Å². The van der Waals surface area contributed by atoms with Gasteiger partial charge < -0.3 is 0 Å². The van der Waals surface area contributed by atoms with Crippen LogP contribution in [-0.4, -0.2) is 95.0 Å². The summed E-state index contributed by atoms with van der Waals surface area (Å²) in [5.41, 5.74) is 9.88. The topological polar surface area (TPSA) is 150 Å². The van der Waals surface area contributed by atoms with Crippen LogP contribution in [0.3, 0.4) is 0 Å². The largest absolute Gasteiger partial charge is 0.277 e. The Kier molecular flexibility index (Phi) is 17.1. The molecule has 0 saturated carbocycles. The molecule has 4 aliphatic rings. The molecular weight excluding hydrogens is 1670 g/mol. The Labute approximate surface area is 779 Å². The van der Waals surface area contributed by atoms with Gasteiger partial charge in [-0.05, 0) is 335 Å². The number of fused-ring (bicyclic) bond motifs is 14. The lowest BCUT2D eigenvalue weighted by Crippen LogP contribution is -2.36. The molecule has 0 radical (unpaired) electrons. The van der Waals surface area contributed by atoms with E-state index in [2.05, 4.69) is 222 Å². The maximum absolute atomic E-state index is 13.3. The molecule has 0 N–H and O–H groups in total. The minimum absolute atomic E-state index is 0.238. The molecule has 136 heavy (non-hydrogen) atoms. The summed E-state index contributed by atoms with van der Waals surface area (Å²) in [4.78, 5) is 110. The Balaban J connectivity index is 0.000000106. The number of nitrogens with zero attached hydrogens (tertiary/aromatic N) is 4. The molecule has 652 valence electrons. The van der Waals surface area contributed by atoms with Gasteiger partial charge in [-0.2, -0.15) is 0 Å². The van der Waals surface area contributed by atoms with E-state index in [0.29, 0.717) is 44.5 Å². The van der Waals surface area contributed by atoms with Crippen molar-refractivity contribution in [3.05, 3.63) is 309 Å². The molecule has 0 atom stereocenters. The minimum Gasteiger partial charge on any atom is -0.277 e. The van der Waals surface area contributed by atoms with Crippen molar-refractivity contribution in [1.82, 2.24) is 19.6 Å². The number of hydrogen-bond acceptors (Lipinski definition) is 8. The smallest absolute Gasteiger partial charge is 0.261 e. The lowest BCUT2D eigenvalue weighted by molar-refractivity contribution is 0.0635. The van der Waals surface area contributed by atoms with E-state index in [4.69, 9.17) is 0 Å². The Hall–Kier alpha value is -16.4. The van der Waals surface area contributed by atoms with Gasteiger partial charge in [0.2, 0.25) is 0 Å². The van der Waals surface area contributed by atoms with Crippen LogP contribution in [0.4, 0.5) is 0 Å². The molecule has 12 nitrogen and oxygen atoms in total. The summed E-state index contributed by atoms with van der Waals surface area (Å²) < 4.78 is 0. The van der Waals surface area contributed by atoms with Crippen LogP contribution in [0.1, 0.15) is 161 Å². The fraction of sp³-hybridized carbons (Fsp3) is 0.129. The van der Waals surface area contributed by atoms with Crippen molar-refractivity contribution < 1.29 is 38.4 Å². The van der Waals surface area contributed by atoms with Crippen molar-refractivity contribution in [1.29, 1.82) is 0 Å². The van der Waals surface area contributed by atoms with E-state index in [0.717, 1.165) is 129 Å². The molecule has 0 unspecified atom stereocenters. The highest BCUT2D eigenvalue weighted by molar-refractivity contribution is 6.51. The zero-order valence-electron chi connectivity index (χ0n) is 78.1. The molecule has 8 amide bonds. The molecule has 0 bridgehead atoms. The Morgan fingerprint density at radius 2 is 0.199 bits per heavy atom. The van der Waals surface area contributed by atoms with Crippen molar-refractivity contribution in [2.45, 2.75) is 83.1 Å². The first-order valence-corrected chi connectivity index (χ1v) is 47.4. The van der Waals surface area contributed by atoms with Crippen molar-refractivity contribution in [2.24, 2.45) is 0 Å². The first-order valence-electron chi connectivity index (χ1n) is 47.4. The van der Waals surface area contributed by atoms with E-state index in [1.54, 1.807) is 28.2 Å². The van der Waals surface area contributed by atoms with Gasteiger partial charge in [0.1, 0.15) is 0 Å². The van der Waals surface area contributed by atoms with Gasteiger partial charge in [-0.3, -0.25) is 58.0 Å². The Bertz CT molecular complexity index is 9180. The second kappa shape index (κ2) is 28.6. The zero-order chi connectivity index (χ0) is 93.9. The quantitative estimate of drug-likeness (QED) is 0.0827. The standard InChI is InChI=1S/C46H22N2O4.2C35H21NO2.4C2H6/c1-47-43(49)31-15-11-27-23-7-3-19-21-5-9-25-29-13-17-33-42-34(46(52)48(2)45(33)51)18-14-30(40(29)42)26-10-6-22(36(21)38(25)26)20-4-8-24(37(23)35(19)20)28-12-16-32(44(47)50)41(31)39(27)28;2*1-16-4-6-18-20-8-10-22-24-12-14-26-33-27(35(38)36(3)34(26)37)15-13-25(32(24)33)23-11-9-21(30(20)31(22)23)19-7-5-17(2)28(16)29(18)19;4*1-2/h3-18H,1-2H3;2*4-15H,1-3H3;4*1-2H3. The highest BCUT2D eigenvalue weighted by Crippen LogP contribution is 2.57. The lowest BCUT2D eigenvalue weighted by atomic mass is 9.80. The van der Waals surface area contributed by atoms with Crippen LogP contribution < -0.4 is 0 Å². The highest BCUT2D eigenvalue weighted by atomic mass is 16.2. The fourth-order valence-corrected chi connectivity index (χ4v) is 25.2. The first kappa shape index (κ1) is 81.5. The van der Waals surface area contributed by atoms with Gasteiger partial charge in [-0.1, -0.05) is 250 Å². The molecule has 0 spiro atoms. The van der Waals surface area contributed by atoms with Gasteiger partial charge in [0, 0.05) is 94.2 Å². The fourth-order valence-electron chi connectivity index (χ4n) is 25.2. The number of amides is 8. The lowest BCUT2D eigenvalue weighted by Gasteiger charge is -2.26. The number of carbonyl (C=O) groups excluding carboxylic acids is 8. The van der Waals surface area contributed by atoms with Gasteiger partial charge in [-0.15, -0.1) is 0 Å². The summed E-state index contributed by atoms with van der Waals surface area (Å²) in [6.07, 6.45) is 0. The summed E-state index contributed by atoms with van der Waals surface area (Å²) >= 11 is 0. The Morgan fingerprint density at radius 1 is 0.118 bits per heavy atom. The van der Waals surface area contributed by atoms with Crippen LogP contribution >= 0.6 is 0 Å². The molecule has 4 heterocycles. The number of rotatable bonds is 0. The van der Waals surface area contributed by atoms with E-state index < -0.39 is 0 Å². The zero-order valence-corrected chi connectivity index (χ0v) is 78.1. The molecule has 0 aliphatic carbocycles. The maximum Gasteiger partial charge on any atom is 0.261 e. The first-order chi connectivity index (χ1) is 66.2. The van der Waals surface area contributed by atoms with Gasteiger partial charge in [-0.25, -0.2) is 0 Å². The van der Waals surface area contributed by atoms with E-state index >= 15 is 0 Å². The molecule has 0 aromatic heterocycles. The number of benzene rings is 27. The average molecular weight is 1760 g/mol. The number of hydrogen-bond donors (Lipinski definition) is 0. The van der Waals surface area contributed by atoms with Gasteiger partial charge >= 0.3 is 0 Å². The van der Waals surface area contributed by atoms with Gasteiger partial charge in [0.25, 0.3) is 47.3 Å². The van der Waals surface area contributed by atoms with E-state index in [1.807, 2.05) is 104 Å². The number of aryl methyl sites for hydroxylation is 4.